The second kappa shape index (κ2) is 6.29. The highest BCUT2D eigenvalue weighted by molar-refractivity contribution is 6.02. The third kappa shape index (κ3) is 2.87. The summed E-state index contributed by atoms with van der Waals surface area (Å²) in [4.78, 5) is 14.6. The van der Waals surface area contributed by atoms with Gasteiger partial charge in [-0.1, -0.05) is 37.3 Å². The molecule has 0 N–H and O–H groups in total. The zero-order valence-electron chi connectivity index (χ0n) is 13.7. The maximum Gasteiger partial charge on any atom is 0.253 e. The first kappa shape index (κ1) is 15.3. The quantitative estimate of drug-likeness (QED) is 0.682. The summed E-state index contributed by atoms with van der Waals surface area (Å²) in [5.41, 5.74) is 3.52. The fraction of sp³-hybridized carbons (Fsp3) is 0.250. The largest absolute Gasteiger partial charge is 0.464 e. The predicted molar refractivity (Wildman–Crippen MR) is 93.5 cm³/mol. The number of carbonyl (C=O) groups is 1. The van der Waals surface area contributed by atoms with Crippen LogP contribution in [0.2, 0.25) is 0 Å². The van der Waals surface area contributed by atoms with Gasteiger partial charge in [-0.15, -0.1) is 0 Å². The Bertz CT molecular complexity index is 820. The van der Waals surface area contributed by atoms with E-state index in [0.29, 0.717) is 5.56 Å². The standard InChI is InChI=1S/C20H21NO2/c1-4-14(2)21(3)20(22)17-12-16-10-11-23-19(16)18(13-17)15-8-6-5-7-9-15/h5-14H,4H2,1-3H3. The Morgan fingerprint density at radius 2 is 1.91 bits per heavy atom. The highest BCUT2D eigenvalue weighted by Crippen LogP contribution is 2.31. The van der Waals surface area contributed by atoms with Crippen molar-refractivity contribution in [3.63, 3.8) is 0 Å². The summed E-state index contributed by atoms with van der Waals surface area (Å²) in [6.45, 7) is 4.15. The van der Waals surface area contributed by atoms with Gasteiger partial charge in [0.15, 0.2) is 0 Å². The van der Waals surface area contributed by atoms with Crippen LogP contribution in [0.5, 0.6) is 0 Å². The molecule has 1 heterocycles. The van der Waals surface area contributed by atoms with Crippen molar-refractivity contribution in [2.75, 3.05) is 7.05 Å². The normalized spacial score (nSPS) is 12.3. The first-order chi connectivity index (χ1) is 11.1. The van der Waals surface area contributed by atoms with Crippen LogP contribution in [0, 0.1) is 0 Å². The molecule has 0 fully saturated rings. The molecule has 0 saturated heterocycles. The second-order valence-corrected chi connectivity index (χ2v) is 5.90. The summed E-state index contributed by atoms with van der Waals surface area (Å²) in [6, 6.07) is 16.0. The number of hydrogen-bond donors (Lipinski definition) is 0. The minimum absolute atomic E-state index is 0.0413. The Labute approximate surface area is 136 Å². The van der Waals surface area contributed by atoms with Gasteiger partial charge in [-0.2, -0.15) is 0 Å². The van der Waals surface area contributed by atoms with Crippen molar-refractivity contribution >= 4 is 16.9 Å². The van der Waals surface area contributed by atoms with Crippen LogP contribution >= 0.6 is 0 Å². The van der Waals surface area contributed by atoms with Crippen LogP contribution in [0.25, 0.3) is 22.1 Å². The molecule has 1 unspecified atom stereocenters. The first-order valence-electron chi connectivity index (χ1n) is 7.95. The van der Waals surface area contributed by atoms with Gasteiger partial charge in [-0.3, -0.25) is 4.79 Å². The molecule has 1 amide bonds. The molecule has 3 aromatic rings. The van der Waals surface area contributed by atoms with Gasteiger partial charge < -0.3 is 9.32 Å². The molecule has 3 nitrogen and oxygen atoms in total. The van der Waals surface area contributed by atoms with Crippen LogP contribution in [-0.2, 0) is 0 Å². The van der Waals surface area contributed by atoms with Crippen molar-refractivity contribution in [3.05, 3.63) is 60.4 Å². The minimum atomic E-state index is 0.0413. The lowest BCUT2D eigenvalue weighted by Crippen LogP contribution is -2.34. The van der Waals surface area contributed by atoms with Crippen LogP contribution in [0.1, 0.15) is 30.6 Å². The van der Waals surface area contributed by atoms with E-state index in [1.807, 2.05) is 55.6 Å². The Morgan fingerprint density at radius 3 is 2.61 bits per heavy atom. The number of carbonyl (C=O) groups excluding carboxylic acids is 1. The number of furan rings is 1. The number of amides is 1. The van der Waals surface area contributed by atoms with E-state index in [2.05, 4.69) is 13.8 Å². The van der Waals surface area contributed by atoms with Crippen LogP contribution < -0.4 is 0 Å². The number of fused-ring (bicyclic) bond motifs is 1. The van der Waals surface area contributed by atoms with Gasteiger partial charge in [-0.25, -0.2) is 0 Å². The van der Waals surface area contributed by atoms with Crippen molar-refractivity contribution in [2.24, 2.45) is 0 Å². The van der Waals surface area contributed by atoms with Gasteiger partial charge in [0.25, 0.3) is 5.91 Å². The topological polar surface area (TPSA) is 33.5 Å². The Balaban J connectivity index is 2.11. The van der Waals surface area contributed by atoms with E-state index in [9.17, 15) is 4.79 Å². The van der Waals surface area contributed by atoms with E-state index >= 15 is 0 Å². The number of rotatable bonds is 4. The zero-order chi connectivity index (χ0) is 16.4. The molecular weight excluding hydrogens is 286 g/mol. The lowest BCUT2D eigenvalue weighted by molar-refractivity contribution is 0.0741. The van der Waals surface area contributed by atoms with Crippen LogP contribution in [0.3, 0.4) is 0 Å². The van der Waals surface area contributed by atoms with E-state index < -0.39 is 0 Å². The molecule has 1 aromatic heterocycles. The fourth-order valence-corrected chi connectivity index (χ4v) is 2.72. The molecule has 118 valence electrons. The first-order valence-corrected chi connectivity index (χ1v) is 7.95. The number of nitrogens with zero attached hydrogens (tertiary/aromatic N) is 1. The second-order valence-electron chi connectivity index (χ2n) is 5.90. The van der Waals surface area contributed by atoms with Gasteiger partial charge in [0.05, 0.1) is 6.26 Å². The van der Waals surface area contributed by atoms with Crippen LogP contribution in [-0.4, -0.2) is 23.9 Å². The summed E-state index contributed by atoms with van der Waals surface area (Å²) < 4.78 is 5.64. The fourth-order valence-electron chi connectivity index (χ4n) is 2.72. The number of benzene rings is 2. The molecule has 0 bridgehead atoms. The zero-order valence-corrected chi connectivity index (χ0v) is 13.7. The highest BCUT2D eigenvalue weighted by Gasteiger charge is 2.19. The van der Waals surface area contributed by atoms with E-state index in [-0.39, 0.29) is 11.9 Å². The molecule has 3 rings (SSSR count). The molecule has 23 heavy (non-hydrogen) atoms. The van der Waals surface area contributed by atoms with Crippen molar-refractivity contribution in [2.45, 2.75) is 26.3 Å². The van der Waals surface area contributed by atoms with Crippen molar-refractivity contribution in [1.82, 2.24) is 4.90 Å². The maximum atomic E-state index is 12.8. The third-order valence-electron chi connectivity index (χ3n) is 4.46. The molecule has 0 aliphatic heterocycles. The average Bonchev–Trinajstić information content (AvgIpc) is 3.08. The van der Waals surface area contributed by atoms with Crippen molar-refractivity contribution in [3.8, 4) is 11.1 Å². The molecule has 0 saturated carbocycles. The summed E-state index contributed by atoms with van der Waals surface area (Å²) in [5, 5.41) is 0.951. The van der Waals surface area contributed by atoms with E-state index in [1.54, 1.807) is 11.2 Å². The van der Waals surface area contributed by atoms with Gasteiger partial charge in [-0.05, 0) is 37.1 Å². The van der Waals surface area contributed by atoms with Gasteiger partial charge >= 0.3 is 0 Å². The number of hydrogen-bond acceptors (Lipinski definition) is 2. The molecule has 1 atom stereocenters. The highest BCUT2D eigenvalue weighted by atomic mass is 16.3. The van der Waals surface area contributed by atoms with Gasteiger partial charge in [0.2, 0.25) is 0 Å². The molecule has 0 aliphatic rings. The predicted octanol–water partition coefficient (Wildman–Crippen LogP) is 4.97. The minimum Gasteiger partial charge on any atom is -0.464 e. The monoisotopic (exact) mass is 307 g/mol. The Hall–Kier alpha value is -2.55. The van der Waals surface area contributed by atoms with Gasteiger partial charge in [0.1, 0.15) is 5.58 Å². The average molecular weight is 307 g/mol. The SMILES string of the molecule is CCC(C)N(C)C(=O)c1cc(-c2ccccc2)c2occc2c1. The molecule has 0 radical (unpaired) electrons. The molecule has 3 heteroatoms. The van der Waals surface area contributed by atoms with Crippen molar-refractivity contribution < 1.29 is 9.21 Å². The molecular formula is C20H21NO2. The smallest absolute Gasteiger partial charge is 0.253 e. The van der Waals surface area contributed by atoms with Crippen LogP contribution in [0.15, 0.2) is 59.2 Å². The van der Waals surface area contributed by atoms with E-state index in [1.165, 1.54) is 0 Å². The van der Waals surface area contributed by atoms with E-state index in [4.69, 9.17) is 4.42 Å². The summed E-state index contributed by atoms with van der Waals surface area (Å²) >= 11 is 0. The Morgan fingerprint density at radius 1 is 1.17 bits per heavy atom. The summed E-state index contributed by atoms with van der Waals surface area (Å²) in [7, 11) is 1.86. The Kier molecular flexibility index (Phi) is 4.20. The van der Waals surface area contributed by atoms with E-state index in [0.717, 1.165) is 28.5 Å². The van der Waals surface area contributed by atoms with Gasteiger partial charge in [0, 0.05) is 29.6 Å². The summed E-state index contributed by atoms with van der Waals surface area (Å²) in [6.07, 6.45) is 2.60. The summed E-state index contributed by atoms with van der Waals surface area (Å²) in [5.74, 6) is 0.0413. The van der Waals surface area contributed by atoms with Crippen LogP contribution in [0.4, 0.5) is 0 Å². The molecule has 2 aromatic carbocycles. The van der Waals surface area contributed by atoms with Crippen molar-refractivity contribution in [1.29, 1.82) is 0 Å². The maximum absolute atomic E-state index is 12.8. The lowest BCUT2D eigenvalue weighted by atomic mass is 9.99. The lowest BCUT2D eigenvalue weighted by Gasteiger charge is -2.24. The molecule has 0 aliphatic carbocycles. The molecule has 0 spiro atoms. The third-order valence-corrected chi connectivity index (χ3v) is 4.46.